The molecule has 18 heavy (non-hydrogen) atoms. The first-order valence-electron chi connectivity index (χ1n) is 6.49. The zero-order chi connectivity index (χ0) is 13.4. The number of benzene rings is 1. The fourth-order valence-corrected chi connectivity index (χ4v) is 2.55. The molecule has 1 aromatic carbocycles. The number of ether oxygens (including phenoxy) is 2. The van der Waals surface area contributed by atoms with Gasteiger partial charge in [-0.05, 0) is 36.5 Å². The van der Waals surface area contributed by atoms with E-state index in [1.54, 1.807) is 7.11 Å². The van der Waals surface area contributed by atoms with Crippen molar-refractivity contribution in [2.45, 2.75) is 32.8 Å². The van der Waals surface area contributed by atoms with Crippen molar-refractivity contribution in [1.82, 2.24) is 0 Å². The summed E-state index contributed by atoms with van der Waals surface area (Å²) in [4.78, 5) is 0. The highest BCUT2D eigenvalue weighted by atomic mass is 127. The maximum absolute atomic E-state index is 5.96. The molecule has 0 aliphatic heterocycles. The summed E-state index contributed by atoms with van der Waals surface area (Å²) in [6, 6.07) is 8.15. The Labute approximate surface area is 124 Å². The summed E-state index contributed by atoms with van der Waals surface area (Å²) in [5, 5.41) is 0. The van der Waals surface area contributed by atoms with Gasteiger partial charge < -0.3 is 9.47 Å². The molecule has 0 saturated carbocycles. The van der Waals surface area contributed by atoms with Crippen molar-refractivity contribution in [3.8, 4) is 5.75 Å². The number of methoxy groups -OCH3 is 1. The van der Waals surface area contributed by atoms with Gasteiger partial charge in [0.05, 0.1) is 13.2 Å². The van der Waals surface area contributed by atoms with Gasteiger partial charge in [-0.3, -0.25) is 0 Å². The molecule has 0 aromatic heterocycles. The van der Waals surface area contributed by atoms with Gasteiger partial charge in [0, 0.05) is 11.0 Å². The Kier molecular flexibility index (Phi) is 7.66. The first-order chi connectivity index (χ1) is 8.67. The number of hydrogen-bond donors (Lipinski definition) is 0. The minimum absolute atomic E-state index is 0.174. The monoisotopic (exact) mass is 362 g/mol. The van der Waals surface area contributed by atoms with Crippen LogP contribution in [0.25, 0.3) is 0 Å². The van der Waals surface area contributed by atoms with Crippen LogP contribution in [0.1, 0.15) is 38.4 Å². The molecule has 2 nitrogen and oxygen atoms in total. The van der Waals surface area contributed by atoms with Gasteiger partial charge >= 0.3 is 0 Å². The van der Waals surface area contributed by atoms with Crippen molar-refractivity contribution < 1.29 is 9.47 Å². The van der Waals surface area contributed by atoms with Crippen molar-refractivity contribution >= 4 is 22.6 Å². The topological polar surface area (TPSA) is 18.5 Å². The van der Waals surface area contributed by atoms with Crippen molar-refractivity contribution in [3.63, 3.8) is 0 Å². The molecule has 0 aliphatic rings. The van der Waals surface area contributed by atoms with Crippen LogP contribution in [0.2, 0.25) is 0 Å². The van der Waals surface area contributed by atoms with E-state index in [1.807, 2.05) is 12.1 Å². The quantitative estimate of drug-likeness (QED) is 0.382. The third-order valence-corrected chi connectivity index (χ3v) is 3.65. The second kappa shape index (κ2) is 8.75. The van der Waals surface area contributed by atoms with Crippen LogP contribution in [0.4, 0.5) is 0 Å². The predicted octanol–water partition coefficient (Wildman–Crippen LogP) is 4.62. The van der Waals surface area contributed by atoms with Crippen LogP contribution in [0.15, 0.2) is 24.3 Å². The Bertz CT molecular complexity index is 339. The number of halogens is 1. The third kappa shape index (κ3) is 5.57. The van der Waals surface area contributed by atoms with E-state index in [0.717, 1.165) is 29.1 Å². The normalized spacial score (nSPS) is 12.7. The zero-order valence-corrected chi connectivity index (χ0v) is 13.6. The van der Waals surface area contributed by atoms with Gasteiger partial charge in [-0.1, -0.05) is 48.6 Å². The average Bonchev–Trinajstić information content (AvgIpc) is 2.38. The average molecular weight is 362 g/mol. The molecule has 0 aliphatic carbocycles. The van der Waals surface area contributed by atoms with Gasteiger partial charge in [0.15, 0.2) is 0 Å². The van der Waals surface area contributed by atoms with Crippen molar-refractivity contribution in [3.05, 3.63) is 29.8 Å². The van der Waals surface area contributed by atoms with E-state index in [0.29, 0.717) is 0 Å². The molecule has 0 saturated heterocycles. The summed E-state index contributed by atoms with van der Waals surface area (Å²) < 4.78 is 12.2. The summed E-state index contributed by atoms with van der Waals surface area (Å²) in [5.41, 5.74) is 1.20. The summed E-state index contributed by atoms with van der Waals surface area (Å²) in [6.07, 6.45) is 2.54. The van der Waals surface area contributed by atoms with Gasteiger partial charge in [-0.25, -0.2) is 0 Å². The van der Waals surface area contributed by atoms with Gasteiger partial charge in [0.25, 0.3) is 0 Å². The highest BCUT2D eigenvalue weighted by Gasteiger charge is 2.11. The molecular formula is C15H23IO2. The van der Waals surface area contributed by atoms with E-state index in [4.69, 9.17) is 9.47 Å². The Hall–Kier alpha value is -0.290. The SMILES string of the molecule is COc1cccc(C(CI)OCCCC(C)C)c1. The lowest BCUT2D eigenvalue weighted by Crippen LogP contribution is -2.07. The molecule has 1 rings (SSSR count). The Morgan fingerprint density at radius 2 is 2.06 bits per heavy atom. The minimum atomic E-state index is 0.174. The van der Waals surface area contributed by atoms with Crippen LogP contribution < -0.4 is 4.74 Å². The van der Waals surface area contributed by atoms with Gasteiger partial charge in [0.1, 0.15) is 5.75 Å². The molecule has 0 fully saturated rings. The van der Waals surface area contributed by atoms with E-state index < -0.39 is 0 Å². The lowest BCUT2D eigenvalue weighted by molar-refractivity contribution is 0.0664. The van der Waals surface area contributed by atoms with Crippen LogP contribution in [0.3, 0.4) is 0 Å². The lowest BCUT2D eigenvalue weighted by atomic mass is 10.1. The summed E-state index contributed by atoms with van der Waals surface area (Å²) in [6.45, 7) is 5.33. The molecule has 1 aromatic rings. The number of alkyl halides is 1. The number of rotatable bonds is 8. The van der Waals surface area contributed by atoms with Crippen molar-refractivity contribution in [2.24, 2.45) is 5.92 Å². The minimum Gasteiger partial charge on any atom is -0.497 e. The molecule has 0 N–H and O–H groups in total. The van der Waals surface area contributed by atoms with Crippen LogP contribution in [-0.4, -0.2) is 18.1 Å². The van der Waals surface area contributed by atoms with E-state index in [2.05, 4.69) is 48.6 Å². The maximum Gasteiger partial charge on any atom is 0.119 e. The molecule has 102 valence electrons. The first kappa shape index (κ1) is 15.8. The highest BCUT2D eigenvalue weighted by molar-refractivity contribution is 14.1. The van der Waals surface area contributed by atoms with Crippen LogP contribution in [0, 0.1) is 5.92 Å². The van der Waals surface area contributed by atoms with Gasteiger partial charge in [-0.15, -0.1) is 0 Å². The number of hydrogen-bond acceptors (Lipinski definition) is 2. The first-order valence-corrected chi connectivity index (χ1v) is 8.01. The van der Waals surface area contributed by atoms with Gasteiger partial charge in [0.2, 0.25) is 0 Å². The molecule has 0 heterocycles. The standard InChI is InChI=1S/C15H23IO2/c1-12(2)6-5-9-18-15(11-16)13-7-4-8-14(10-13)17-3/h4,7-8,10,12,15H,5-6,9,11H2,1-3H3. The fourth-order valence-electron chi connectivity index (χ4n) is 1.79. The smallest absolute Gasteiger partial charge is 0.119 e. The predicted molar refractivity (Wildman–Crippen MR) is 84.6 cm³/mol. The second-order valence-electron chi connectivity index (χ2n) is 4.83. The molecule has 3 heteroatoms. The van der Waals surface area contributed by atoms with E-state index >= 15 is 0 Å². The molecule has 1 unspecified atom stereocenters. The zero-order valence-electron chi connectivity index (χ0n) is 11.5. The largest absolute Gasteiger partial charge is 0.497 e. The summed E-state index contributed by atoms with van der Waals surface area (Å²) >= 11 is 2.38. The molecular weight excluding hydrogens is 339 g/mol. The molecule has 0 radical (unpaired) electrons. The Balaban J connectivity index is 2.49. The summed E-state index contributed by atoms with van der Waals surface area (Å²) in [5.74, 6) is 1.65. The fraction of sp³-hybridized carbons (Fsp3) is 0.600. The van der Waals surface area contributed by atoms with Crippen LogP contribution in [0.5, 0.6) is 5.75 Å². The molecule has 0 amide bonds. The Morgan fingerprint density at radius 1 is 1.28 bits per heavy atom. The van der Waals surface area contributed by atoms with Gasteiger partial charge in [-0.2, -0.15) is 0 Å². The van der Waals surface area contributed by atoms with E-state index in [-0.39, 0.29) is 6.10 Å². The maximum atomic E-state index is 5.96. The Morgan fingerprint density at radius 3 is 2.67 bits per heavy atom. The molecule has 0 spiro atoms. The van der Waals surface area contributed by atoms with E-state index in [1.165, 1.54) is 12.0 Å². The van der Waals surface area contributed by atoms with Crippen molar-refractivity contribution in [1.29, 1.82) is 0 Å². The van der Waals surface area contributed by atoms with Crippen LogP contribution in [-0.2, 0) is 4.74 Å². The molecule has 0 bridgehead atoms. The molecule has 1 atom stereocenters. The third-order valence-electron chi connectivity index (χ3n) is 2.85. The lowest BCUT2D eigenvalue weighted by Gasteiger charge is -2.17. The second-order valence-corrected chi connectivity index (χ2v) is 5.71. The summed E-state index contributed by atoms with van der Waals surface area (Å²) in [7, 11) is 1.70. The highest BCUT2D eigenvalue weighted by Crippen LogP contribution is 2.24. The van der Waals surface area contributed by atoms with Crippen LogP contribution >= 0.6 is 22.6 Å². The van der Waals surface area contributed by atoms with E-state index in [9.17, 15) is 0 Å². The van der Waals surface area contributed by atoms with Crippen molar-refractivity contribution in [2.75, 3.05) is 18.1 Å².